The number of phenols is 1. The van der Waals surface area contributed by atoms with E-state index in [2.05, 4.69) is 4.98 Å². The number of aromatic hydroxyl groups is 1. The minimum Gasteiger partial charge on any atom is -0.507 e. The molecule has 0 fully saturated rings. The highest BCUT2D eigenvalue weighted by molar-refractivity contribution is 7.99. The van der Waals surface area contributed by atoms with Crippen LogP contribution in [0.1, 0.15) is 33.3 Å². The predicted molar refractivity (Wildman–Crippen MR) is 126 cm³/mol. The Bertz CT molecular complexity index is 1170. The van der Waals surface area contributed by atoms with Crippen molar-refractivity contribution in [3.05, 3.63) is 65.5 Å². The van der Waals surface area contributed by atoms with Gasteiger partial charge < -0.3 is 28.8 Å². The molecule has 1 atom stereocenters. The SMILES string of the molecule is COCOc1cc(O)c2c(c1)SC(c1ccc(OC)c(OCc3ccc(OC)cn3)c1)CC2=O. The van der Waals surface area contributed by atoms with Crippen molar-refractivity contribution in [2.45, 2.75) is 23.2 Å². The maximum Gasteiger partial charge on any atom is 0.188 e. The normalized spacial score (nSPS) is 14.9. The van der Waals surface area contributed by atoms with Crippen molar-refractivity contribution in [2.24, 2.45) is 0 Å². The standard InChI is InChI=1S/C25H25NO7S/c1-29-14-33-18-9-19(27)25-20(28)11-23(34-24(25)10-18)15-4-7-21(31-3)22(8-15)32-13-16-5-6-17(30-2)12-26-16/h4-10,12,23,27H,11,13-14H2,1-3H3. The van der Waals surface area contributed by atoms with E-state index < -0.39 is 0 Å². The molecule has 1 aromatic heterocycles. The van der Waals surface area contributed by atoms with Crippen molar-refractivity contribution in [1.29, 1.82) is 0 Å². The fourth-order valence-electron chi connectivity index (χ4n) is 3.59. The number of ketones is 1. The summed E-state index contributed by atoms with van der Waals surface area (Å²) in [5, 5.41) is 10.2. The van der Waals surface area contributed by atoms with E-state index in [1.54, 1.807) is 26.5 Å². The lowest BCUT2D eigenvalue weighted by Gasteiger charge is -2.25. The molecule has 0 bridgehead atoms. The van der Waals surface area contributed by atoms with E-state index in [0.29, 0.717) is 33.5 Å². The van der Waals surface area contributed by atoms with Crippen LogP contribution in [0.15, 0.2) is 53.6 Å². The number of carbonyl (C=O) groups is 1. The van der Waals surface area contributed by atoms with Gasteiger partial charge in [0, 0.05) is 29.7 Å². The fourth-order valence-corrected chi connectivity index (χ4v) is 4.93. The molecular formula is C25H25NO7S. The number of benzene rings is 2. The summed E-state index contributed by atoms with van der Waals surface area (Å²) in [5.74, 6) is 2.02. The molecule has 9 heteroatoms. The van der Waals surface area contributed by atoms with E-state index in [0.717, 1.165) is 11.3 Å². The van der Waals surface area contributed by atoms with Gasteiger partial charge in [-0.25, -0.2) is 0 Å². The average molecular weight is 484 g/mol. The van der Waals surface area contributed by atoms with Gasteiger partial charge in [-0.15, -0.1) is 11.8 Å². The first-order chi connectivity index (χ1) is 16.5. The van der Waals surface area contributed by atoms with Gasteiger partial charge in [-0.05, 0) is 35.9 Å². The van der Waals surface area contributed by atoms with Crippen molar-refractivity contribution >= 4 is 17.5 Å². The lowest BCUT2D eigenvalue weighted by atomic mass is 10.00. The van der Waals surface area contributed by atoms with Crippen molar-refractivity contribution in [3.8, 4) is 28.7 Å². The molecule has 2 aromatic carbocycles. The minimum absolute atomic E-state index is 0.0441. The first-order valence-corrected chi connectivity index (χ1v) is 11.4. The van der Waals surface area contributed by atoms with Crippen LogP contribution < -0.4 is 18.9 Å². The van der Waals surface area contributed by atoms with Crippen molar-refractivity contribution in [2.75, 3.05) is 28.1 Å². The third kappa shape index (κ3) is 5.21. The smallest absolute Gasteiger partial charge is 0.188 e. The van der Waals surface area contributed by atoms with Crippen molar-refractivity contribution in [3.63, 3.8) is 0 Å². The molecular weight excluding hydrogens is 458 g/mol. The largest absolute Gasteiger partial charge is 0.507 e. The molecule has 0 amide bonds. The Morgan fingerprint density at radius 3 is 2.56 bits per heavy atom. The zero-order chi connectivity index (χ0) is 24.1. The molecule has 0 spiro atoms. The number of methoxy groups -OCH3 is 3. The van der Waals surface area contributed by atoms with Crippen LogP contribution >= 0.6 is 11.8 Å². The number of carbonyl (C=O) groups excluding carboxylic acids is 1. The number of thioether (sulfide) groups is 1. The third-order valence-corrected chi connectivity index (χ3v) is 6.58. The first kappa shape index (κ1) is 23.7. The van der Waals surface area contributed by atoms with E-state index in [1.807, 2.05) is 30.3 Å². The van der Waals surface area contributed by atoms with Gasteiger partial charge in [0.05, 0.1) is 31.7 Å². The van der Waals surface area contributed by atoms with Crippen molar-refractivity contribution < 1.29 is 33.6 Å². The fraction of sp³-hybridized carbons (Fsp3) is 0.280. The molecule has 1 unspecified atom stereocenters. The van der Waals surface area contributed by atoms with E-state index in [4.69, 9.17) is 23.7 Å². The van der Waals surface area contributed by atoms with E-state index in [9.17, 15) is 9.90 Å². The van der Waals surface area contributed by atoms with E-state index in [-0.39, 0.29) is 36.6 Å². The van der Waals surface area contributed by atoms with Gasteiger partial charge in [0.2, 0.25) is 0 Å². The summed E-state index contributed by atoms with van der Waals surface area (Å²) in [6.07, 6.45) is 1.88. The summed E-state index contributed by atoms with van der Waals surface area (Å²) < 4.78 is 27.0. The van der Waals surface area contributed by atoms with Crippen LogP contribution in [0.5, 0.6) is 28.7 Å². The number of pyridine rings is 1. The van der Waals surface area contributed by atoms with Crippen LogP contribution in [0, 0.1) is 0 Å². The van der Waals surface area contributed by atoms with Gasteiger partial charge in [-0.3, -0.25) is 9.78 Å². The summed E-state index contributed by atoms with van der Waals surface area (Å²) >= 11 is 1.49. The van der Waals surface area contributed by atoms with Crippen molar-refractivity contribution in [1.82, 2.24) is 4.98 Å². The number of phenolic OH excluding ortho intramolecular Hbond substituents is 1. The molecule has 178 valence electrons. The number of Topliss-reactive ketones (excluding diaryl/α,β-unsaturated/α-hetero) is 1. The Morgan fingerprint density at radius 2 is 1.85 bits per heavy atom. The summed E-state index contributed by atoms with van der Waals surface area (Å²) in [6, 6.07) is 12.4. The Balaban J connectivity index is 1.56. The van der Waals surface area contributed by atoms with Crippen LogP contribution in [-0.4, -0.2) is 44.0 Å². The number of aromatic nitrogens is 1. The summed E-state index contributed by atoms with van der Waals surface area (Å²) in [4.78, 5) is 17.9. The van der Waals surface area contributed by atoms with E-state index in [1.165, 1.54) is 24.9 Å². The van der Waals surface area contributed by atoms with Crippen LogP contribution in [0.4, 0.5) is 0 Å². The summed E-state index contributed by atoms with van der Waals surface area (Å²) in [5.41, 5.74) is 1.97. The van der Waals surface area contributed by atoms with Gasteiger partial charge >= 0.3 is 0 Å². The molecule has 2 heterocycles. The minimum atomic E-state index is -0.163. The summed E-state index contributed by atoms with van der Waals surface area (Å²) in [6.45, 7) is 0.292. The number of fused-ring (bicyclic) bond motifs is 1. The molecule has 0 aliphatic carbocycles. The molecule has 0 saturated carbocycles. The second kappa shape index (κ2) is 10.7. The van der Waals surface area contributed by atoms with Crippen LogP contribution in [0.3, 0.4) is 0 Å². The Kier molecular flexibility index (Phi) is 7.44. The molecule has 34 heavy (non-hydrogen) atoms. The zero-order valence-electron chi connectivity index (χ0n) is 19.1. The van der Waals surface area contributed by atoms with Gasteiger partial charge in [-0.1, -0.05) is 6.07 Å². The lowest BCUT2D eigenvalue weighted by molar-refractivity contribution is 0.0508. The number of hydrogen-bond acceptors (Lipinski definition) is 9. The average Bonchev–Trinajstić information content (AvgIpc) is 2.85. The molecule has 1 aliphatic rings. The predicted octanol–water partition coefficient (Wildman–Crippen LogP) is 4.79. The van der Waals surface area contributed by atoms with Gasteiger partial charge in [0.1, 0.15) is 23.9 Å². The number of ether oxygens (including phenoxy) is 5. The topological polar surface area (TPSA) is 96.3 Å². The van der Waals surface area contributed by atoms with Crippen LogP contribution in [-0.2, 0) is 11.3 Å². The second-order valence-corrected chi connectivity index (χ2v) is 8.73. The number of hydrogen-bond donors (Lipinski definition) is 1. The third-order valence-electron chi connectivity index (χ3n) is 5.29. The quantitative estimate of drug-likeness (QED) is 0.431. The molecule has 0 radical (unpaired) electrons. The van der Waals surface area contributed by atoms with E-state index >= 15 is 0 Å². The van der Waals surface area contributed by atoms with Crippen LogP contribution in [0.25, 0.3) is 0 Å². The lowest BCUT2D eigenvalue weighted by Crippen LogP contribution is -2.13. The number of rotatable bonds is 9. The Labute approximate surface area is 201 Å². The highest BCUT2D eigenvalue weighted by atomic mass is 32.2. The maximum absolute atomic E-state index is 12.9. The Morgan fingerprint density at radius 1 is 1.00 bits per heavy atom. The molecule has 1 aliphatic heterocycles. The second-order valence-electron chi connectivity index (χ2n) is 7.49. The van der Waals surface area contributed by atoms with Crippen LogP contribution in [0.2, 0.25) is 0 Å². The maximum atomic E-state index is 12.9. The zero-order valence-corrected chi connectivity index (χ0v) is 19.9. The highest BCUT2D eigenvalue weighted by Gasteiger charge is 2.30. The Hall–Kier alpha value is -3.43. The van der Waals surface area contributed by atoms with Gasteiger partial charge in [-0.2, -0.15) is 0 Å². The molecule has 3 aromatic rings. The van der Waals surface area contributed by atoms with Gasteiger partial charge in [0.25, 0.3) is 0 Å². The molecule has 1 N–H and O–H groups in total. The molecule has 0 saturated heterocycles. The number of nitrogens with zero attached hydrogens (tertiary/aromatic N) is 1. The van der Waals surface area contributed by atoms with Gasteiger partial charge in [0.15, 0.2) is 24.1 Å². The highest BCUT2D eigenvalue weighted by Crippen LogP contribution is 2.49. The molecule has 8 nitrogen and oxygen atoms in total. The first-order valence-electron chi connectivity index (χ1n) is 10.5. The molecule has 4 rings (SSSR count). The summed E-state index contributed by atoms with van der Waals surface area (Å²) in [7, 11) is 4.68. The monoisotopic (exact) mass is 483 g/mol.